The molecule has 2 heterocycles. The van der Waals surface area contributed by atoms with E-state index in [1.165, 1.54) is 43.1 Å². The molecule has 0 aliphatic heterocycles. The third-order valence-electron chi connectivity index (χ3n) is 14.5. The van der Waals surface area contributed by atoms with Gasteiger partial charge in [-0.15, -0.1) is 0 Å². The van der Waals surface area contributed by atoms with Crippen LogP contribution in [0.3, 0.4) is 0 Å². The van der Waals surface area contributed by atoms with E-state index in [0.29, 0.717) is 0 Å². The number of furan rings is 2. The van der Waals surface area contributed by atoms with Crippen LogP contribution in [0.4, 0.5) is 34.1 Å². The zero-order valence-electron chi connectivity index (χ0n) is 37.8. The van der Waals surface area contributed by atoms with Gasteiger partial charge in [-0.05, 0) is 91.6 Å². The molecule has 0 N–H and O–H groups in total. The van der Waals surface area contributed by atoms with Gasteiger partial charge in [0.15, 0.2) is 0 Å². The molecule has 0 saturated carbocycles. The molecule has 4 heteroatoms. The molecule has 4 nitrogen and oxygen atoms in total. The second-order valence-corrected chi connectivity index (χ2v) is 18.3. The molecule has 0 fully saturated rings. The number of anilines is 6. The third kappa shape index (κ3) is 5.65. The van der Waals surface area contributed by atoms with Crippen LogP contribution < -0.4 is 9.80 Å². The summed E-state index contributed by atoms with van der Waals surface area (Å²) in [4.78, 5) is 4.83. The first-order valence-corrected chi connectivity index (χ1v) is 23.9. The maximum atomic E-state index is 7.10. The lowest BCUT2D eigenvalue weighted by atomic mass is 9.95. The second-order valence-electron chi connectivity index (χ2n) is 18.3. The Morgan fingerprint density at radius 1 is 0.214 bits per heavy atom. The summed E-state index contributed by atoms with van der Waals surface area (Å²) in [5, 5.41) is 18.3. The number of para-hydroxylation sites is 2. The zero-order valence-corrected chi connectivity index (χ0v) is 37.8. The number of rotatable bonds is 6. The highest BCUT2D eigenvalue weighted by Crippen LogP contribution is 2.52. The summed E-state index contributed by atoms with van der Waals surface area (Å²) >= 11 is 0. The molecule has 15 aromatic rings. The molecule has 326 valence electrons. The molecule has 0 amide bonds. The van der Waals surface area contributed by atoms with Crippen molar-refractivity contribution in [3.05, 3.63) is 243 Å². The zero-order chi connectivity index (χ0) is 45.9. The van der Waals surface area contributed by atoms with Crippen molar-refractivity contribution in [2.24, 2.45) is 0 Å². The molecule has 0 bridgehead atoms. The summed E-state index contributed by atoms with van der Waals surface area (Å²) < 4.78 is 14.2. The molecule has 0 saturated heterocycles. The van der Waals surface area contributed by atoms with Gasteiger partial charge in [-0.3, -0.25) is 0 Å². The van der Waals surface area contributed by atoms with Gasteiger partial charge in [0.25, 0.3) is 0 Å². The fourth-order valence-electron chi connectivity index (χ4n) is 11.6. The number of hydrogen-bond acceptors (Lipinski definition) is 4. The van der Waals surface area contributed by atoms with E-state index < -0.39 is 0 Å². The van der Waals surface area contributed by atoms with Crippen LogP contribution in [0.5, 0.6) is 0 Å². The summed E-state index contributed by atoms with van der Waals surface area (Å²) in [5.74, 6) is 0. The van der Waals surface area contributed by atoms with Crippen molar-refractivity contribution in [1.29, 1.82) is 0 Å². The average Bonchev–Trinajstić information content (AvgIpc) is 4.00. The lowest BCUT2D eigenvalue weighted by molar-refractivity contribution is 0.663. The first kappa shape index (κ1) is 38.7. The topological polar surface area (TPSA) is 32.8 Å². The van der Waals surface area contributed by atoms with E-state index in [9.17, 15) is 0 Å². The van der Waals surface area contributed by atoms with Crippen molar-refractivity contribution in [3.8, 4) is 0 Å². The largest absolute Gasteiger partial charge is 0.456 e. The maximum Gasteiger partial charge on any atom is 0.138 e. The Morgan fingerprint density at radius 3 is 0.914 bits per heavy atom. The monoisotopic (exact) mass is 892 g/mol. The van der Waals surface area contributed by atoms with Crippen LogP contribution in [-0.2, 0) is 0 Å². The Bertz CT molecular complexity index is 4310. The van der Waals surface area contributed by atoms with E-state index in [1.54, 1.807) is 0 Å². The van der Waals surface area contributed by atoms with E-state index in [0.717, 1.165) is 99.5 Å². The molecular weight excluding hydrogens is 853 g/mol. The van der Waals surface area contributed by atoms with Gasteiger partial charge >= 0.3 is 0 Å². The summed E-state index contributed by atoms with van der Waals surface area (Å²) in [6.45, 7) is 0. The van der Waals surface area contributed by atoms with Crippen LogP contribution in [0, 0.1) is 0 Å². The molecule has 15 rings (SSSR count). The van der Waals surface area contributed by atoms with E-state index in [4.69, 9.17) is 8.83 Å². The Labute approximate surface area is 402 Å². The predicted octanol–water partition coefficient (Wildman–Crippen LogP) is 19.3. The van der Waals surface area contributed by atoms with Gasteiger partial charge in [-0.2, -0.15) is 0 Å². The third-order valence-corrected chi connectivity index (χ3v) is 14.5. The van der Waals surface area contributed by atoms with Crippen molar-refractivity contribution in [1.82, 2.24) is 0 Å². The molecule has 0 unspecified atom stereocenters. The van der Waals surface area contributed by atoms with Gasteiger partial charge in [0, 0.05) is 66.6 Å². The molecule has 0 aliphatic rings. The minimum absolute atomic E-state index is 0.816. The maximum absolute atomic E-state index is 7.10. The van der Waals surface area contributed by atoms with E-state index in [2.05, 4.69) is 252 Å². The molecule has 2 aromatic heterocycles. The quantitative estimate of drug-likeness (QED) is 0.156. The standard InChI is InChI=1S/C66H40N2O2/c1-3-21-43(22-4-1)67(55-37-41-19-7-9-25-45(41)47-27-11-13-29-49(47)55)57-39-61-63(53-33-17-15-31-51(53)57)65-59(69-61)35-36-60-66(65)64-54-34-18-16-32-52(54)58(40-62(64)70-60)68(44-23-5-2-6-24-44)56-38-42-20-8-10-26-46(42)48-28-12-14-30-50(48)56/h1-40H. The molecule has 0 aliphatic carbocycles. The van der Waals surface area contributed by atoms with Crippen LogP contribution in [0.15, 0.2) is 251 Å². The SMILES string of the molecule is c1ccc(N(c2cc3ccccc3c3ccccc23)c2cc3oc4ccc5oc6cc(N(c7ccccc7)c7cc8ccccc8c8ccccc78)c7ccccc7c6c5c4c3c3ccccc23)cc1. The molecule has 0 radical (unpaired) electrons. The molecule has 13 aromatic carbocycles. The summed E-state index contributed by atoms with van der Waals surface area (Å²) in [6, 6.07) is 87.3. The Kier molecular flexibility index (Phi) is 8.33. The molecule has 0 atom stereocenters. The smallest absolute Gasteiger partial charge is 0.138 e. The van der Waals surface area contributed by atoms with Crippen molar-refractivity contribution >= 4 is 143 Å². The van der Waals surface area contributed by atoms with E-state index >= 15 is 0 Å². The van der Waals surface area contributed by atoms with Gasteiger partial charge in [0.2, 0.25) is 0 Å². The fourth-order valence-corrected chi connectivity index (χ4v) is 11.6. The van der Waals surface area contributed by atoms with Crippen LogP contribution >= 0.6 is 0 Å². The van der Waals surface area contributed by atoms with Crippen LogP contribution in [0.2, 0.25) is 0 Å². The van der Waals surface area contributed by atoms with Crippen molar-refractivity contribution < 1.29 is 8.83 Å². The minimum Gasteiger partial charge on any atom is -0.456 e. The van der Waals surface area contributed by atoms with Gasteiger partial charge < -0.3 is 18.6 Å². The van der Waals surface area contributed by atoms with Crippen LogP contribution in [0.25, 0.3) is 109 Å². The van der Waals surface area contributed by atoms with Gasteiger partial charge in [-0.25, -0.2) is 0 Å². The van der Waals surface area contributed by atoms with Gasteiger partial charge in [0.05, 0.1) is 22.7 Å². The summed E-state index contributed by atoms with van der Waals surface area (Å²) in [7, 11) is 0. The van der Waals surface area contributed by atoms with Gasteiger partial charge in [0.1, 0.15) is 22.3 Å². The number of hydrogen-bond donors (Lipinski definition) is 0. The van der Waals surface area contributed by atoms with Crippen LogP contribution in [-0.4, -0.2) is 0 Å². The number of fused-ring (bicyclic) bond motifs is 17. The van der Waals surface area contributed by atoms with Crippen molar-refractivity contribution in [3.63, 3.8) is 0 Å². The van der Waals surface area contributed by atoms with Gasteiger partial charge in [-0.1, -0.05) is 182 Å². The minimum atomic E-state index is 0.816. The highest BCUT2D eigenvalue weighted by Gasteiger charge is 2.27. The number of benzene rings is 13. The average molecular weight is 893 g/mol. The normalized spacial score (nSPS) is 12.0. The first-order chi connectivity index (χ1) is 34.7. The highest BCUT2D eigenvalue weighted by molar-refractivity contribution is 6.36. The Hall–Kier alpha value is -9.38. The second kappa shape index (κ2) is 15.1. The Morgan fingerprint density at radius 2 is 0.514 bits per heavy atom. The van der Waals surface area contributed by atoms with E-state index in [1.807, 2.05) is 0 Å². The first-order valence-electron chi connectivity index (χ1n) is 23.9. The van der Waals surface area contributed by atoms with E-state index in [-0.39, 0.29) is 0 Å². The van der Waals surface area contributed by atoms with Crippen molar-refractivity contribution in [2.45, 2.75) is 0 Å². The van der Waals surface area contributed by atoms with Crippen LogP contribution in [0.1, 0.15) is 0 Å². The van der Waals surface area contributed by atoms with Crippen molar-refractivity contribution in [2.75, 3.05) is 9.80 Å². The molecule has 0 spiro atoms. The fraction of sp³-hybridized carbons (Fsp3) is 0. The lowest BCUT2D eigenvalue weighted by Gasteiger charge is -2.29. The summed E-state index contributed by atoms with van der Waals surface area (Å²) in [5.41, 5.74) is 9.69. The predicted molar refractivity (Wildman–Crippen MR) is 295 cm³/mol. The number of nitrogens with zero attached hydrogens (tertiary/aromatic N) is 2. The molecule has 70 heavy (non-hydrogen) atoms. The highest BCUT2D eigenvalue weighted by atomic mass is 16.3. The molecular formula is C66H40N2O2. The Balaban J connectivity index is 1.02. The lowest BCUT2D eigenvalue weighted by Crippen LogP contribution is -2.11. The summed E-state index contributed by atoms with van der Waals surface area (Å²) in [6.07, 6.45) is 0.